The van der Waals surface area contributed by atoms with Crippen molar-refractivity contribution in [2.24, 2.45) is 0 Å². The highest BCUT2D eigenvalue weighted by Gasteiger charge is 2.43. The van der Waals surface area contributed by atoms with Gasteiger partial charge < -0.3 is 9.88 Å². The summed E-state index contributed by atoms with van der Waals surface area (Å²) >= 11 is 1.81. The van der Waals surface area contributed by atoms with Crippen molar-refractivity contribution in [1.29, 1.82) is 0 Å². The summed E-state index contributed by atoms with van der Waals surface area (Å²) < 4.78 is 0. The third-order valence-corrected chi connectivity index (χ3v) is 6.34. The molecule has 3 aromatic rings. The number of aromatic nitrogens is 1. The lowest BCUT2D eigenvalue weighted by molar-refractivity contribution is -0.127. The molecule has 1 aromatic heterocycles. The number of amides is 1. The number of hydrogen-bond donors (Lipinski definition) is 1. The Hall–Kier alpha value is -2.20. The molecule has 1 N–H and O–H groups in total. The molecule has 2 aromatic carbocycles. The molecule has 1 aliphatic rings. The first-order valence-corrected chi connectivity index (χ1v) is 9.89. The fourth-order valence-electron chi connectivity index (χ4n) is 4.02. The van der Waals surface area contributed by atoms with Gasteiger partial charge in [0.1, 0.15) is 0 Å². The third-order valence-electron chi connectivity index (χ3n) is 5.30. The van der Waals surface area contributed by atoms with E-state index in [9.17, 15) is 4.79 Å². The van der Waals surface area contributed by atoms with Gasteiger partial charge >= 0.3 is 0 Å². The Morgan fingerprint density at radius 3 is 2.56 bits per heavy atom. The number of carbonyl (C=O) groups excluding carboxylic acids is 1. The molecule has 1 fully saturated rings. The van der Waals surface area contributed by atoms with E-state index in [4.69, 9.17) is 0 Å². The maximum Gasteiger partial charge on any atom is 0.223 e. The fraction of sp³-hybridized carbons (Fsp3) is 0.286. The molecule has 0 aliphatic carbocycles. The summed E-state index contributed by atoms with van der Waals surface area (Å²) in [6, 6.07) is 21.2. The molecule has 1 aliphatic heterocycles. The third kappa shape index (κ3) is 2.85. The first-order valence-electron chi connectivity index (χ1n) is 8.60. The zero-order chi connectivity index (χ0) is 17.4. The first-order chi connectivity index (χ1) is 12.2. The smallest absolute Gasteiger partial charge is 0.223 e. The van der Waals surface area contributed by atoms with Crippen LogP contribution >= 0.6 is 11.8 Å². The summed E-state index contributed by atoms with van der Waals surface area (Å²) in [4.78, 5) is 18.0. The van der Waals surface area contributed by atoms with Crippen molar-refractivity contribution in [2.75, 3.05) is 13.3 Å². The number of likely N-dealkylation sites (N-methyl/N-ethyl adjacent to an activating group) is 1. The van der Waals surface area contributed by atoms with Crippen molar-refractivity contribution in [2.45, 2.75) is 23.6 Å². The average Bonchev–Trinajstić information content (AvgIpc) is 3.19. The zero-order valence-electron chi connectivity index (χ0n) is 14.5. The minimum Gasteiger partial charge on any atom is -0.357 e. The molecule has 3 nitrogen and oxygen atoms in total. The molecular weight excluding hydrogens is 328 g/mol. The predicted octanol–water partition coefficient (Wildman–Crippen LogP) is 4.59. The second-order valence-electron chi connectivity index (χ2n) is 6.68. The molecule has 3 atom stereocenters. The van der Waals surface area contributed by atoms with Crippen molar-refractivity contribution < 1.29 is 4.79 Å². The van der Waals surface area contributed by atoms with Gasteiger partial charge in [-0.2, -0.15) is 11.8 Å². The van der Waals surface area contributed by atoms with Crippen LogP contribution in [-0.2, 0) is 4.79 Å². The number of H-pyrrole nitrogens is 1. The van der Waals surface area contributed by atoms with Gasteiger partial charge in [0.2, 0.25) is 5.91 Å². The van der Waals surface area contributed by atoms with Crippen LogP contribution in [0.25, 0.3) is 10.9 Å². The van der Waals surface area contributed by atoms with Crippen molar-refractivity contribution in [1.82, 2.24) is 9.88 Å². The molecule has 4 heteroatoms. The molecule has 3 unspecified atom stereocenters. The van der Waals surface area contributed by atoms with Gasteiger partial charge in [0, 0.05) is 30.6 Å². The number of fused-ring (bicyclic) bond motifs is 1. The molecule has 128 valence electrons. The SMILES string of the molecule is CSC(c1cc2ccccc2[nH]1)C1C(c2ccccc2)CC(=O)N1C. The van der Waals surface area contributed by atoms with Crippen LogP contribution in [-0.4, -0.2) is 35.1 Å². The first kappa shape index (κ1) is 16.3. The minimum absolute atomic E-state index is 0.151. The highest BCUT2D eigenvalue weighted by atomic mass is 32.2. The van der Waals surface area contributed by atoms with Crippen LogP contribution in [0.5, 0.6) is 0 Å². The Balaban J connectivity index is 1.76. The van der Waals surface area contributed by atoms with Crippen LogP contribution < -0.4 is 0 Å². The van der Waals surface area contributed by atoms with E-state index in [1.165, 1.54) is 16.6 Å². The number of rotatable bonds is 4. The Morgan fingerprint density at radius 2 is 1.84 bits per heavy atom. The van der Waals surface area contributed by atoms with Crippen molar-refractivity contribution >= 4 is 28.6 Å². The number of carbonyl (C=O) groups is 1. The quantitative estimate of drug-likeness (QED) is 0.747. The van der Waals surface area contributed by atoms with Crippen molar-refractivity contribution in [3.8, 4) is 0 Å². The van der Waals surface area contributed by atoms with E-state index < -0.39 is 0 Å². The summed E-state index contributed by atoms with van der Waals surface area (Å²) in [5, 5.41) is 1.44. The summed E-state index contributed by atoms with van der Waals surface area (Å²) in [7, 11) is 1.95. The number of benzene rings is 2. The summed E-state index contributed by atoms with van der Waals surface area (Å²) in [6.45, 7) is 0. The number of aromatic amines is 1. The fourth-order valence-corrected chi connectivity index (χ4v) is 5.05. The van der Waals surface area contributed by atoms with Gasteiger partial charge in [0.05, 0.1) is 11.3 Å². The van der Waals surface area contributed by atoms with E-state index in [0.29, 0.717) is 6.42 Å². The average molecular weight is 350 g/mol. The van der Waals surface area contributed by atoms with Crippen LogP contribution in [0.15, 0.2) is 60.7 Å². The van der Waals surface area contributed by atoms with Crippen LogP contribution in [0.1, 0.15) is 28.8 Å². The lowest BCUT2D eigenvalue weighted by atomic mass is 9.89. The summed E-state index contributed by atoms with van der Waals surface area (Å²) in [5.41, 5.74) is 3.60. The number of likely N-dealkylation sites (tertiary alicyclic amines) is 1. The summed E-state index contributed by atoms with van der Waals surface area (Å²) in [5.74, 6) is 0.455. The summed E-state index contributed by atoms with van der Waals surface area (Å²) in [6.07, 6.45) is 2.72. The van der Waals surface area contributed by atoms with Gasteiger partial charge in [-0.15, -0.1) is 0 Å². The van der Waals surface area contributed by atoms with E-state index >= 15 is 0 Å². The Bertz CT molecular complexity index is 856. The number of para-hydroxylation sites is 1. The topological polar surface area (TPSA) is 36.1 Å². The monoisotopic (exact) mass is 350 g/mol. The molecule has 0 spiro atoms. The van der Waals surface area contributed by atoms with Gasteiger partial charge in [-0.25, -0.2) is 0 Å². The van der Waals surface area contributed by atoms with Crippen molar-refractivity contribution in [3.05, 3.63) is 71.9 Å². The standard InChI is InChI=1S/C21H22N2OS/c1-23-19(24)13-16(14-8-4-3-5-9-14)20(23)21(25-2)18-12-15-10-6-7-11-17(15)22-18/h3-12,16,20-22H,13H2,1-2H3. The number of thioether (sulfide) groups is 1. The molecule has 0 radical (unpaired) electrons. The van der Waals surface area contributed by atoms with E-state index in [1.54, 1.807) is 0 Å². The van der Waals surface area contributed by atoms with E-state index in [2.05, 4.69) is 65.8 Å². The molecular formula is C21H22N2OS. The highest BCUT2D eigenvalue weighted by molar-refractivity contribution is 7.98. The van der Waals surface area contributed by atoms with E-state index in [-0.39, 0.29) is 23.1 Å². The van der Waals surface area contributed by atoms with Gasteiger partial charge in [-0.3, -0.25) is 4.79 Å². The Morgan fingerprint density at radius 1 is 1.12 bits per heavy atom. The van der Waals surface area contributed by atoms with Crippen LogP contribution in [0.2, 0.25) is 0 Å². The van der Waals surface area contributed by atoms with E-state index in [1.807, 2.05) is 29.8 Å². The largest absolute Gasteiger partial charge is 0.357 e. The van der Waals surface area contributed by atoms with Gasteiger partial charge in [0.25, 0.3) is 0 Å². The maximum atomic E-state index is 12.5. The zero-order valence-corrected chi connectivity index (χ0v) is 15.3. The number of nitrogens with zero attached hydrogens (tertiary/aromatic N) is 1. The second-order valence-corrected chi connectivity index (χ2v) is 7.66. The molecule has 2 heterocycles. The molecule has 0 bridgehead atoms. The number of nitrogens with one attached hydrogen (secondary N) is 1. The van der Waals surface area contributed by atoms with Gasteiger partial charge in [-0.05, 0) is 29.3 Å². The molecule has 1 saturated heterocycles. The number of hydrogen-bond acceptors (Lipinski definition) is 2. The van der Waals surface area contributed by atoms with Gasteiger partial charge in [-0.1, -0.05) is 48.5 Å². The molecule has 25 heavy (non-hydrogen) atoms. The van der Waals surface area contributed by atoms with E-state index in [0.717, 1.165) is 5.52 Å². The minimum atomic E-state index is 0.151. The predicted molar refractivity (Wildman–Crippen MR) is 105 cm³/mol. The second kappa shape index (κ2) is 6.60. The Kier molecular flexibility index (Phi) is 4.30. The van der Waals surface area contributed by atoms with Gasteiger partial charge in [0.15, 0.2) is 0 Å². The van der Waals surface area contributed by atoms with Crippen LogP contribution in [0, 0.1) is 0 Å². The molecule has 1 amide bonds. The van der Waals surface area contributed by atoms with Crippen molar-refractivity contribution in [3.63, 3.8) is 0 Å². The lowest BCUT2D eigenvalue weighted by Crippen LogP contribution is -2.35. The highest BCUT2D eigenvalue weighted by Crippen LogP contribution is 2.45. The Labute approximate surface area is 152 Å². The molecule has 0 saturated carbocycles. The lowest BCUT2D eigenvalue weighted by Gasteiger charge is -2.31. The van der Waals surface area contributed by atoms with Crippen LogP contribution in [0.3, 0.4) is 0 Å². The maximum absolute atomic E-state index is 12.5. The molecule has 4 rings (SSSR count). The van der Waals surface area contributed by atoms with Crippen LogP contribution in [0.4, 0.5) is 0 Å². The normalized spacial score (nSPS) is 21.8.